The van der Waals surface area contributed by atoms with Crippen molar-refractivity contribution in [3.8, 4) is 0 Å². The molecule has 0 unspecified atom stereocenters. The van der Waals surface area contributed by atoms with E-state index in [0.717, 1.165) is 13.0 Å². The second-order valence-corrected chi connectivity index (χ2v) is 3.62. The molecule has 15 heavy (non-hydrogen) atoms. The Hall–Kier alpha value is -1.71. The second kappa shape index (κ2) is 5.24. The average molecular weight is 206 g/mol. The molecule has 1 aromatic rings. The number of aryl methyl sites for hydroxylation is 2. The van der Waals surface area contributed by atoms with Crippen molar-refractivity contribution >= 4 is 5.96 Å². The number of hydrazone groups is 1. The molecule has 0 heterocycles. The van der Waals surface area contributed by atoms with E-state index in [0.29, 0.717) is 0 Å². The van der Waals surface area contributed by atoms with Crippen LogP contribution in [0.25, 0.3) is 0 Å². The van der Waals surface area contributed by atoms with Crippen molar-refractivity contribution in [3.05, 3.63) is 34.9 Å². The van der Waals surface area contributed by atoms with Crippen molar-refractivity contribution in [2.75, 3.05) is 6.54 Å². The van der Waals surface area contributed by atoms with Gasteiger partial charge < -0.3 is 16.9 Å². The van der Waals surface area contributed by atoms with Crippen molar-refractivity contribution < 1.29 is 0 Å². The Balaban J connectivity index is 2.47. The number of guanidine groups is 1. The minimum atomic E-state index is 0.0654. The molecule has 0 atom stereocenters. The third-order valence-electron chi connectivity index (χ3n) is 2.21. The summed E-state index contributed by atoms with van der Waals surface area (Å²) in [7, 11) is 0. The summed E-state index contributed by atoms with van der Waals surface area (Å²) < 4.78 is 0. The molecule has 0 aliphatic carbocycles. The van der Waals surface area contributed by atoms with Gasteiger partial charge in [0.05, 0.1) is 0 Å². The number of nitrogens with zero attached hydrogens (tertiary/aromatic N) is 1. The molecule has 82 valence electrons. The van der Waals surface area contributed by atoms with Gasteiger partial charge in [0, 0.05) is 6.54 Å². The highest BCUT2D eigenvalue weighted by Gasteiger charge is 1.97. The largest absolute Gasteiger partial charge is 0.369 e. The molecule has 0 saturated heterocycles. The van der Waals surface area contributed by atoms with Gasteiger partial charge in [0.25, 0.3) is 0 Å². The van der Waals surface area contributed by atoms with Crippen molar-refractivity contribution in [3.63, 3.8) is 0 Å². The Labute approximate surface area is 90.4 Å². The molecular formula is C11H18N4. The van der Waals surface area contributed by atoms with E-state index in [9.17, 15) is 0 Å². The summed E-state index contributed by atoms with van der Waals surface area (Å²) in [6.45, 7) is 4.94. The Kier molecular flexibility index (Phi) is 3.97. The van der Waals surface area contributed by atoms with Gasteiger partial charge in [-0.2, -0.15) is 0 Å². The summed E-state index contributed by atoms with van der Waals surface area (Å²) in [5.41, 5.74) is 17.1. The van der Waals surface area contributed by atoms with Crippen LogP contribution in [0.1, 0.15) is 16.7 Å². The maximum atomic E-state index is 5.19. The smallest absolute Gasteiger partial charge is 0.208 e. The lowest BCUT2D eigenvalue weighted by molar-refractivity contribution is 0.726. The molecule has 0 aliphatic heterocycles. The summed E-state index contributed by atoms with van der Waals surface area (Å²) >= 11 is 0. The number of benzene rings is 1. The minimum Gasteiger partial charge on any atom is -0.369 e. The van der Waals surface area contributed by atoms with Gasteiger partial charge in [-0.15, -0.1) is 5.10 Å². The van der Waals surface area contributed by atoms with Crippen molar-refractivity contribution in [1.82, 2.24) is 5.43 Å². The quantitative estimate of drug-likeness (QED) is 0.292. The van der Waals surface area contributed by atoms with Crippen LogP contribution >= 0.6 is 0 Å². The first-order valence-electron chi connectivity index (χ1n) is 4.97. The molecule has 0 spiro atoms. The lowest BCUT2D eigenvalue weighted by atomic mass is 10.0. The number of rotatable bonds is 4. The van der Waals surface area contributed by atoms with E-state index >= 15 is 0 Å². The van der Waals surface area contributed by atoms with Gasteiger partial charge in [0.15, 0.2) is 0 Å². The average Bonchev–Trinajstić information content (AvgIpc) is 2.14. The molecule has 0 radical (unpaired) electrons. The van der Waals surface area contributed by atoms with Crippen molar-refractivity contribution in [2.45, 2.75) is 20.3 Å². The number of hydrogen-bond acceptors (Lipinski definition) is 2. The molecule has 4 nitrogen and oxygen atoms in total. The van der Waals surface area contributed by atoms with E-state index in [-0.39, 0.29) is 5.96 Å². The van der Waals surface area contributed by atoms with Crippen LogP contribution in [0, 0.1) is 13.8 Å². The third kappa shape index (κ3) is 3.89. The topological polar surface area (TPSA) is 76.4 Å². The monoisotopic (exact) mass is 206 g/mol. The molecule has 5 N–H and O–H groups in total. The van der Waals surface area contributed by atoms with Crippen molar-refractivity contribution in [1.29, 1.82) is 0 Å². The maximum absolute atomic E-state index is 5.19. The fraction of sp³-hybridized carbons (Fsp3) is 0.364. The first-order chi connectivity index (χ1) is 7.09. The van der Waals surface area contributed by atoms with Crippen LogP contribution in [0.5, 0.6) is 0 Å². The van der Waals surface area contributed by atoms with Crippen LogP contribution in [0.3, 0.4) is 0 Å². The minimum absolute atomic E-state index is 0.0654. The standard InChI is InChI=1S/C11H18N4/c1-8-3-4-10(9(2)7-8)5-6-14-15-11(12)13/h3-4,7,14H,5-6H2,1-2H3,(H4,12,13,15). The van der Waals surface area contributed by atoms with E-state index in [4.69, 9.17) is 11.5 Å². The van der Waals surface area contributed by atoms with Gasteiger partial charge in [-0.05, 0) is 31.4 Å². The van der Waals surface area contributed by atoms with E-state index in [1.54, 1.807) is 0 Å². The molecule has 1 aromatic carbocycles. The zero-order chi connectivity index (χ0) is 11.3. The lowest BCUT2D eigenvalue weighted by Gasteiger charge is -2.06. The highest BCUT2D eigenvalue weighted by molar-refractivity contribution is 5.75. The van der Waals surface area contributed by atoms with Gasteiger partial charge in [-0.25, -0.2) is 0 Å². The van der Waals surface area contributed by atoms with Gasteiger partial charge in [0.1, 0.15) is 0 Å². The molecule has 0 saturated carbocycles. The molecule has 1 rings (SSSR count). The summed E-state index contributed by atoms with van der Waals surface area (Å²) in [5, 5.41) is 3.71. The molecule has 0 fully saturated rings. The lowest BCUT2D eigenvalue weighted by Crippen LogP contribution is -2.27. The Morgan fingerprint density at radius 1 is 1.33 bits per heavy atom. The molecule has 0 bridgehead atoms. The van der Waals surface area contributed by atoms with E-state index < -0.39 is 0 Å². The summed E-state index contributed by atoms with van der Waals surface area (Å²) in [4.78, 5) is 0. The summed E-state index contributed by atoms with van der Waals surface area (Å²) in [5.74, 6) is 0.0654. The zero-order valence-corrected chi connectivity index (χ0v) is 9.25. The molecule has 0 aromatic heterocycles. The summed E-state index contributed by atoms with van der Waals surface area (Å²) in [6, 6.07) is 6.43. The Morgan fingerprint density at radius 3 is 2.67 bits per heavy atom. The van der Waals surface area contributed by atoms with Crippen molar-refractivity contribution in [2.24, 2.45) is 16.6 Å². The van der Waals surface area contributed by atoms with Crippen LogP contribution in [0.4, 0.5) is 0 Å². The van der Waals surface area contributed by atoms with E-state index in [1.807, 2.05) is 0 Å². The Bertz CT molecular complexity index is 354. The highest BCUT2D eigenvalue weighted by Crippen LogP contribution is 2.10. The van der Waals surface area contributed by atoms with Gasteiger partial charge in [0.2, 0.25) is 5.96 Å². The Morgan fingerprint density at radius 2 is 2.07 bits per heavy atom. The number of nitrogens with one attached hydrogen (secondary N) is 1. The second-order valence-electron chi connectivity index (χ2n) is 3.62. The fourth-order valence-electron chi connectivity index (χ4n) is 1.46. The highest BCUT2D eigenvalue weighted by atomic mass is 15.3. The third-order valence-corrected chi connectivity index (χ3v) is 2.21. The summed E-state index contributed by atoms with van der Waals surface area (Å²) in [6.07, 6.45) is 0.920. The molecule has 4 heteroatoms. The zero-order valence-electron chi connectivity index (χ0n) is 9.25. The van der Waals surface area contributed by atoms with Gasteiger partial charge in [-0.1, -0.05) is 23.8 Å². The molecular weight excluding hydrogens is 188 g/mol. The molecule has 0 amide bonds. The first-order valence-corrected chi connectivity index (χ1v) is 4.97. The number of nitrogens with two attached hydrogens (primary N) is 2. The van der Waals surface area contributed by atoms with Crippen LogP contribution in [-0.4, -0.2) is 12.5 Å². The van der Waals surface area contributed by atoms with Crippen LogP contribution < -0.4 is 16.9 Å². The first kappa shape index (κ1) is 11.4. The predicted molar refractivity (Wildman–Crippen MR) is 63.4 cm³/mol. The van der Waals surface area contributed by atoms with E-state index in [2.05, 4.69) is 42.6 Å². The van der Waals surface area contributed by atoms with Crippen LogP contribution in [-0.2, 0) is 6.42 Å². The maximum Gasteiger partial charge on any atom is 0.208 e. The molecule has 0 aliphatic rings. The SMILES string of the molecule is Cc1ccc(CCNN=C(N)N)c(C)c1. The predicted octanol–water partition coefficient (Wildman–Crippen LogP) is 0.624. The van der Waals surface area contributed by atoms with Gasteiger partial charge >= 0.3 is 0 Å². The normalized spacial score (nSPS) is 9.73. The van der Waals surface area contributed by atoms with Gasteiger partial charge in [-0.3, -0.25) is 0 Å². The van der Waals surface area contributed by atoms with E-state index in [1.165, 1.54) is 16.7 Å². The fourth-order valence-corrected chi connectivity index (χ4v) is 1.46. The number of hydrogen-bond donors (Lipinski definition) is 3. The van der Waals surface area contributed by atoms with Crippen LogP contribution in [0.2, 0.25) is 0 Å². The van der Waals surface area contributed by atoms with Crippen LogP contribution in [0.15, 0.2) is 23.3 Å².